The molecule has 0 atom stereocenters. The van der Waals surface area contributed by atoms with E-state index in [0.29, 0.717) is 12.2 Å². The Labute approximate surface area is 232 Å². The van der Waals surface area contributed by atoms with Crippen LogP contribution in [0.25, 0.3) is 11.4 Å². The Morgan fingerprint density at radius 3 is 2.47 bits per heavy atom. The molecule has 0 unspecified atom stereocenters. The van der Waals surface area contributed by atoms with E-state index in [1.807, 2.05) is 17.6 Å². The minimum Gasteiger partial charge on any atom is -0.494 e. The van der Waals surface area contributed by atoms with Crippen LogP contribution in [0.5, 0.6) is 5.75 Å². The van der Waals surface area contributed by atoms with Gasteiger partial charge in [-0.2, -0.15) is 0 Å². The van der Waals surface area contributed by atoms with Crippen molar-refractivity contribution in [1.82, 2.24) is 14.9 Å². The fourth-order valence-corrected chi connectivity index (χ4v) is 4.28. The number of benzene rings is 2. The number of amides is 1. The Balaban J connectivity index is 0.00000195. The highest BCUT2D eigenvalue weighted by Gasteiger charge is 2.39. The molecule has 3 aromatic rings. The number of rotatable bonds is 8. The van der Waals surface area contributed by atoms with Gasteiger partial charge in [0.25, 0.3) is 5.91 Å². The van der Waals surface area contributed by atoms with Crippen molar-refractivity contribution in [2.24, 2.45) is 10.6 Å². The molecule has 4 rings (SSSR count). The van der Waals surface area contributed by atoms with Gasteiger partial charge in [0.15, 0.2) is 0 Å². The highest BCUT2D eigenvalue weighted by atomic mass is 32.1. The largest absolute Gasteiger partial charge is 0.494 e. The van der Waals surface area contributed by atoms with Gasteiger partial charge in [-0.25, -0.2) is 4.98 Å². The molecule has 1 aliphatic carbocycles. The molecule has 1 heterocycles. The van der Waals surface area contributed by atoms with Crippen molar-refractivity contribution in [3.8, 4) is 11.4 Å². The maximum absolute atomic E-state index is 12.6. The predicted molar refractivity (Wildman–Crippen MR) is 160 cm³/mol. The van der Waals surface area contributed by atoms with Gasteiger partial charge in [-0.1, -0.05) is 52.5 Å². The molecule has 1 aliphatic rings. The molecule has 7 nitrogen and oxygen atoms in total. The lowest BCUT2D eigenvalue weighted by Gasteiger charge is -2.20. The number of anilines is 1. The Morgan fingerprint density at radius 2 is 1.87 bits per heavy atom. The third-order valence-electron chi connectivity index (χ3n) is 6.89. The van der Waals surface area contributed by atoms with Crippen molar-refractivity contribution in [2.45, 2.75) is 59.8 Å². The molecule has 4 N–H and O–H groups in total. The van der Waals surface area contributed by atoms with Crippen molar-refractivity contribution >= 4 is 30.1 Å². The number of carbonyl (C=O) groups excluding carboxylic acids is 1. The molecular weight excluding hydrogens is 494 g/mol. The fraction of sp³-hybridized carbons (Fsp3) is 0.400. The van der Waals surface area contributed by atoms with E-state index in [2.05, 4.69) is 99.0 Å². The lowest BCUT2D eigenvalue weighted by atomic mass is 9.95. The summed E-state index contributed by atoms with van der Waals surface area (Å²) in [6.45, 7) is 17.6. The number of thiol groups is 1. The van der Waals surface area contributed by atoms with Crippen LogP contribution in [-0.4, -0.2) is 29.1 Å². The Morgan fingerprint density at radius 1 is 1.18 bits per heavy atom. The van der Waals surface area contributed by atoms with Crippen molar-refractivity contribution in [1.29, 1.82) is 0 Å². The van der Waals surface area contributed by atoms with E-state index in [4.69, 9.17) is 4.74 Å². The number of ether oxygens (including phenoxy) is 1. The summed E-state index contributed by atoms with van der Waals surface area (Å²) in [5.41, 5.74) is 7.76. The zero-order chi connectivity index (χ0) is 28.3. The molecule has 1 amide bonds. The van der Waals surface area contributed by atoms with Gasteiger partial charge in [0, 0.05) is 18.4 Å². The molecule has 1 aromatic heterocycles. The summed E-state index contributed by atoms with van der Waals surface area (Å²) in [6.07, 6.45) is 5.87. The van der Waals surface area contributed by atoms with Gasteiger partial charge >= 0.3 is 0 Å². The number of nitrogens with two attached hydrogens (primary N) is 1. The number of carbonyl (C=O) groups is 1. The van der Waals surface area contributed by atoms with Crippen LogP contribution in [0.2, 0.25) is 0 Å². The molecule has 8 heteroatoms. The fourth-order valence-electron chi connectivity index (χ4n) is 4.28. The van der Waals surface area contributed by atoms with E-state index >= 15 is 0 Å². The number of aryl methyl sites for hydroxylation is 2. The van der Waals surface area contributed by atoms with Crippen molar-refractivity contribution in [3.05, 3.63) is 77.4 Å². The van der Waals surface area contributed by atoms with E-state index in [0.717, 1.165) is 39.5 Å². The highest BCUT2D eigenvalue weighted by Crippen LogP contribution is 2.49. The first-order valence-corrected chi connectivity index (χ1v) is 13.3. The highest BCUT2D eigenvalue weighted by molar-refractivity contribution is 7.77. The molecule has 1 saturated carbocycles. The standard InChI is InChI=1S/C30H38N4O2.H3NS/c1-19-9-10-22(14-26(19)34-16-25(32-18-34)28(35)31-17-29(4,5)6)21(3)33-24-15-23(30(7)11-12-30)13-20(2)27(24)36-8;1-2/h9-10,13-16,18,33H,3,11-12,17H2,1-2,4-8H3,(H,31,35);2H,1H2. The number of nitrogens with one attached hydrogen (secondary N) is 2. The molecule has 204 valence electrons. The van der Waals surface area contributed by atoms with Gasteiger partial charge < -0.3 is 19.9 Å². The van der Waals surface area contributed by atoms with Crippen LogP contribution in [0.4, 0.5) is 5.69 Å². The topological polar surface area (TPSA) is 94.2 Å². The number of methoxy groups -OCH3 is 1. The van der Waals surface area contributed by atoms with Crippen LogP contribution in [-0.2, 0) is 5.41 Å². The van der Waals surface area contributed by atoms with E-state index < -0.39 is 0 Å². The summed E-state index contributed by atoms with van der Waals surface area (Å²) >= 11 is 3.03. The molecule has 38 heavy (non-hydrogen) atoms. The molecular formula is C30H41N5O2S. The Hall–Kier alpha value is -3.23. The number of nitrogens with zero attached hydrogens (tertiary/aromatic N) is 2. The van der Waals surface area contributed by atoms with Crippen LogP contribution in [0.1, 0.15) is 73.3 Å². The molecule has 0 saturated heterocycles. The predicted octanol–water partition coefficient (Wildman–Crippen LogP) is 6.20. The minimum atomic E-state index is -0.171. The first kappa shape index (κ1) is 29.3. The third kappa shape index (κ3) is 6.79. The molecule has 0 radical (unpaired) electrons. The van der Waals surface area contributed by atoms with Crippen LogP contribution in [0.15, 0.2) is 49.4 Å². The summed E-state index contributed by atoms with van der Waals surface area (Å²) in [5.74, 6) is 0.660. The maximum Gasteiger partial charge on any atom is 0.271 e. The number of hydrogen-bond acceptors (Lipinski definition) is 6. The first-order chi connectivity index (χ1) is 17.9. The summed E-state index contributed by atoms with van der Waals surface area (Å²) in [6, 6.07) is 10.6. The van der Waals surface area contributed by atoms with E-state index in [1.165, 1.54) is 18.4 Å². The Bertz CT molecular complexity index is 1320. The quantitative estimate of drug-likeness (QED) is 0.258. The van der Waals surface area contributed by atoms with E-state index in [9.17, 15) is 4.79 Å². The van der Waals surface area contributed by atoms with Gasteiger partial charge in [-0.05, 0) is 71.9 Å². The van der Waals surface area contributed by atoms with Crippen LogP contribution in [0.3, 0.4) is 0 Å². The second-order valence-corrected chi connectivity index (χ2v) is 11.4. The average molecular weight is 536 g/mol. The first-order valence-electron chi connectivity index (χ1n) is 12.7. The third-order valence-corrected chi connectivity index (χ3v) is 6.89. The van der Waals surface area contributed by atoms with E-state index in [1.54, 1.807) is 19.6 Å². The lowest BCUT2D eigenvalue weighted by molar-refractivity contribution is 0.0934. The van der Waals surface area contributed by atoms with Crippen LogP contribution >= 0.6 is 12.8 Å². The van der Waals surface area contributed by atoms with Gasteiger partial charge in [0.05, 0.1) is 18.5 Å². The zero-order valence-corrected chi connectivity index (χ0v) is 24.5. The normalized spacial score (nSPS) is 13.7. The second kappa shape index (κ2) is 11.7. The van der Waals surface area contributed by atoms with Crippen LogP contribution in [0, 0.1) is 19.3 Å². The second-order valence-electron chi connectivity index (χ2n) is 11.4. The van der Waals surface area contributed by atoms with Crippen molar-refractivity contribution in [3.63, 3.8) is 0 Å². The molecule has 1 fully saturated rings. The smallest absolute Gasteiger partial charge is 0.271 e. The minimum absolute atomic E-state index is 0.00755. The summed E-state index contributed by atoms with van der Waals surface area (Å²) in [5, 5.41) is 10.7. The van der Waals surface area contributed by atoms with Crippen LogP contribution < -0.4 is 20.5 Å². The summed E-state index contributed by atoms with van der Waals surface area (Å²) in [7, 11) is 1.70. The molecule has 0 aliphatic heterocycles. The summed E-state index contributed by atoms with van der Waals surface area (Å²) < 4.78 is 7.61. The summed E-state index contributed by atoms with van der Waals surface area (Å²) in [4.78, 5) is 16.9. The number of imidazole rings is 1. The SMILES string of the molecule is C=C(Nc1cc(C2(C)CC2)cc(C)c1OC)c1ccc(C)c(-n2cnc(C(=O)NCC(C)(C)C)c2)c1.NS. The lowest BCUT2D eigenvalue weighted by Crippen LogP contribution is -2.32. The molecule has 2 aromatic carbocycles. The van der Waals surface area contributed by atoms with Gasteiger partial charge in [0.2, 0.25) is 0 Å². The van der Waals surface area contributed by atoms with Crippen molar-refractivity contribution < 1.29 is 9.53 Å². The van der Waals surface area contributed by atoms with Crippen molar-refractivity contribution in [2.75, 3.05) is 19.0 Å². The van der Waals surface area contributed by atoms with Gasteiger partial charge in [-0.3, -0.25) is 9.93 Å². The Kier molecular flexibility index (Phi) is 9.00. The average Bonchev–Trinajstić information content (AvgIpc) is 3.44. The van der Waals surface area contributed by atoms with Gasteiger partial charge in [-0.15, -0.1) is 12.8 Å². The maximum atomic E-state index is 12.6. The van der Waals surface area contributed by atoms with E-state index in [-0.39, 0.29) is 16.7 Å². The number of hydrogen-bond donors (Lipinski definition) is 4. The monoisotopic (exact) mass is 535 g/mol. The molecule has 0 spiro atoms. The van der Waals surface area contributed by atoms with Gasteiger partial charge in [0.1, 0.15) is 17.8 Å². The zero-order valence-electron chi connectivity index (χ0n) is 23.6. The number of aromatic nitrogens is 2. The molecule has 0 bridgehead atoms.